The topological polar surface area (TPSA) is 81.3 Å². The molecule has 0 radical (unpaired) electrons. The molecule has 0 aliphatic carbocycles. The van der Waals surface area contributed by atoms with Crippen LogP contribution in [0.4, 0.5) is 5.95 Å². The number of hydrogen-bond donors (Lipinski definition) is 0. The van der Waals surface area contributed by atoms with E-state index in [0.717, 1.165) is 54.5 Å². The van der Waals surface area contributed by atoms with E-state index in [1.807, 2.05) is 30.7 Å². The van der Waals surface area contributed by atoms with Crippen LogP contribution >= 0.6 is 11.3 Å². The minimum atomic E-state index is 0.0982. The largest absolute Gasteiger partial charge is 0.466 e. The third-order valence-electron chi connectivity index (χ3n) is 5.87. The number of fused-ring (bicyclic) bond motifs is 1. The predicted molar refractivity (Wildman–Crippen MR) is 121 cm³/mol. The van der Waals surface area contributed by atoms with Gasteiger partial charge in [-0.25, -0.2) is 19.5 Å². The lowest BCUT2D eigenvalue weighted by Crippen LogP contribution is -2.39. The van der Waals surface area contributed by atoms with E-state index in [4.69, 9.17) is 4.74 Å². The average molecular weight is 436 g/mol. The third-order valence-corrected chi connectivity index (χ3v) is 6.69. The molecule has 5 heterocycles. The van der Waals surface area contributed by atoms with Crippen molar-refractivity contribution < 1.29 is 4.74 Å². The molecule has 1 saturated heterocycles. The molecule has 1 aliphatic heterocycles. The number of rotatable bonds is 6. The molecule has 160 valence electrons. The van der Waals surface area contributed by atoms with E-state index in [-0.39, 0.29) is 6.10 Å². The van der Waals surface area contributed by atoms with E-state index in [1.54, 1.807) is 16.9 Å². The summed E-state index contributed by atoms with van der Waals surface area (Å²) < 4.78 is 7.99. The molecule has 31 heavy (non-hydrogen) atoms. The number of imidazole rings is 1. The molecule has 9 heteroatoms. The van der Waals surface area contributed by atoms with Crippen molar-refractivity contribution in [1.29, 1.82) is 0 Å². The van der Waals surface area contributed by atoms with Crippen molar-refractivity contribution in [2.24, 2.45) is 5.92 Å². The number of pyridine rings is 1. The summed E-state index contributed by atoms with van der Waals surface area (Å²) >= 11 is 1.48. The van der Waals surface area contributed by atoms with E-state index < -0.39 is 0 Å². The SMILES string of the molecule is CCc1cnc(N2CCC([C@H](C)Oc3nn4cc(-c5ccncc5)nc4s3)CC2)nc1. The van der Waals surface area contributed by atoms with Gasteiger partial charge in [0.25, 0.3) is 5.19 Å². The maximum absolute atomic E-state index is 6.20. The molecule has 4 aromatic heterocycles. The number of aryl methyl sites for hydroxylation is 1. The fourth-order valence-electron chi connectivity index (χ4n) is 3.91. The molecule has 8 nitrogen and oxygen atoms in total. The molecule has 1 atom stereocenters. The molecule has 4 aromatic rings. The van der Waals surface area contributed by atoms with Gasteiger partial charge in [-0.3, -0.25) is 4.98 Å². The Kier molecular flexibility index (Phi) is 5.50. The molecular formula is C22H25N7OS. The van der Waals surface area contributed by atoms with Crippen LogP contribution in [0.15, 0.2) is 43.1 Å². The lowest BCUT2D eigenvalue weighted by Gasteiger charge is -2.34. The van der Waals surface area contributed by atoms with Crippen LogP contribution in [0.3, 0.4) is 0 Å². The normalized spacial score (nSPS) is 16.0. The van der Waals surface area contributed by atoms with Gasteiger partial charge in [0.05, 0.1) is 11.9 Å². The smallest absolute Gasteiger partial charge is 0.294 e. The van der Waals surface area contributed by atoms with Crippen LogP contribution in [0.2, 0.25) is 0 Å². The molecule has 5 rings (SSSR count). The summed E-state index contributed by atoms with van der Waals surface area (Å²) in [6, 6.07) is 3.89. The quantitative estimate of drug-likeness (QED) is 0.454. The van der Waals surface area contributed by atoms with E-state index in [2.05, 4.69) is 43.8 Å². The van der Waals surface area contributed by atoms with Gasteiger partial charge in [-0.15, -0.1) is 5.10 Å². The Balaban J connectivity index is 1.19. The molecule has 0 N–H and O–H groups in total. The summed E-state index contributed by atoms with van der Waals surface area (Å²) in [5, 5.41) is 5.24. The van der Waals surface area contributed by atoms with Crippen molar-refractivity contribution in [2.45, 2.75) is 39.2 Å². The first-order chi connectivity index (χ1) is 15.2. The van der Waals surface area contributed by atoms with Gasteiger partial charge in [0.15, 0.2) is 0 Å². The Bertz CT molecular complexity index is 1100. The second-order valence-electron chi connectivity index (χ2n) is 7.85. The monoisotopic (exact) mass is 435 g/mol. The van der Waals surface area contributed by atoms with Gasteiger partial charge >= 0.3 is 0 Å². The number of nitrogens with zero attached hydrogens (tertiary/aromatic N) is 7. The van der Waals surface area contributed by atoms with Crippen molar-refractivity contribution in [3.05, 3.63) is 48.7 Å². The van der Waals surface area contributed by atoms with E-state index in [0.29, 0.717) is 11.1 Å². The van der Waals surface area contributed by atoms with Crippen LogP contribution in [-0.4, -0.2) is 48.7 Å². The van der Waals surface area contributed by atoms with E-state index >= 15 is 0 Å². The zero-order chi connectivity index (χ0) is 21.2. The van der Waals surface area contributed by atoms with Crippen LogP contribution < -0.4 is 9.64 Å². The maximum atomic E-state index is 6.20. The van der Waals surface area contributed by atoms with Crippen LogP contribution in [0.25, 0.3) is 16.2 Å². The van der Waals surface area contributed by atoms with Gasteiger partial charge < -0.3 is 9.64 Å². The second-order valence-corrected chi connectivity index (χ2v) is 8.77. The van der Waals surface area contributed by atoms with Crippen LogP contribution in [0.5, 0.6) is 5.19 Å². The number of anilines is 1. The second kappa shape index (κ2) is 8.58. The Morgan fingerprint density at radius 1 is 1.16 bits per heavy atom. The van der Waals surface area contributed by atoms with Crippen molar-refractivity contribution >= 4 is 22.2 Å². The molecule has 0 saturated carbocycles. The fourth-order valence-corrected chi connectivity index (χ4v) is 4.73. The van der Waals surface area contributed by atoms with Crippen LogP contribution in [0, 0.1) is 5.92 Å². The van der Waals surface area contributed by atoms with Crippen LogP contribution in [0.1, 0.15) is 32.3 Å². The van der Waals surface area contributed by atoms with Crippen molar-refractivity contribution in [3.63, 3.8) is 0 Å². The van der Waals surface area contributed by atoms with Crippen molar-refractivity contribution in [3.8, 4) is 16.5 Å². The highest BCUT2D eigenvalue weighted by molar-refractivity contribution is 7.18. The van der Waals surface area contributed by atoms with E-state index in [9.17, 15) is 0 Å². The zero-order valence-corrected chi connectivity index (χ0v) is 18.5. The van der Waals surface area contributed by atoms with Crippen molar-refractivity contribution in [2.75, 3.05) is 18.0 Å². The Labute approximate surface area is 185 Å². The number of ether oxygens (including phenoxy) is 1. The minimum absolute atomic E-state index is 0.0982. The molecule has 1 fully saturated rings. The molecule has 0 amide bonds. The van der Waals surface area contributed by atoms with Crippen LogP contribution in [-0.2, 0) is 6.42 Å². The molecule has 0 aromatic carbocycles. The summed E-state index contributed by atoms with van der Waals surface area (Å²) in [7, 11) is 0. The summed E-state index contributed by atoms with van der Waals surface area (Å²) in [4.78, 5) is 20.9. The fraction of sp³-hybridized carbons (Fsp3) is 0.409. The van der Waals surface area contributed by atoms with Gasteiger partial charge in [0.1, 0.15) is 6.10 Å². The lowest BCUT2D eigenvalue weighted by atomic mass is 9.92. The third kappa shape index (κ3) is 4.23. The summed E-state index contributed by atoms with van der Waals surface area (Å²) in [6.45, 7) is 6.14. The molecule has 0 spiro atoms. The highest BCUT2D eigenvalue weighted by Gasteiger charge is 2.27. The van der Waals surface area contributed by atoms with Gasteiger partial charge in [0.2, 0.25) is 10.9 Å². The summed E-state index contributed by atoms with van der Waals surface area (Å²) in [5.74, 6) is 1.31. The highest BCUT2D eigenvalue weighted by atomic mass is 32.1. The lowest BCUT2D eigenvalue weighted by molar-refractivity contribution is 0.131. The summed E-state index contributed by atoms with van der Waals surface area (Å²) in [6.07, 6.45) is 12.5. The van der Waals surface area contributed by atoms with Gasteiger partial charge in [-0.2, -0.15) is 0 Å². The van der Waals surface area contributed by atoms with E-state index in [1.165, 1.54) is 16.9 Å². The average Bonchev–Trinajstić information content (AvgIpc) is 3.38. The highest BCUT2D eigenvalue weighted by Crippen LogP contribution is 2.29. The first-order valence-corrected chi connectivity index (χ1v) is 11.5. The first-order valence-electron chi connectivity index (χ1n) is 10.7. The standard InChI is InChI=1S/C22H25N7OS/c1-3-16-12-24-20(25-13-16)28-10-6-17(7-11-28)15(2)30-22-27-29-14-19(26-21(29)31-22)18-4-8-23-9-5-18/h4-5,8-9,12-15,17H,3,6-7,10-11H2,1-2H3/t15-/m0/s1. The summed E-state index contributed by atoms with van der Waals surface area (Å²) in [5.41, 5.74) is 3.09. The number of piperidine rings is 1. The molecule has 0 bridgehead atoms. The van der Waals surface area contributed by atoms with Gasteiger partial charge in [-0.05, 0) is 61.1 Å². The van der Waals surface area contributed by atoms with Crippen molar-refractivity contribution in [1.82, 2.24) is 29.5 Å². The predicted octanol–water partition coefficient (Wildman–Crippen LogP) is 3.89. The maximum Gasteiger partial charge on any atom is 0.294 e. The zero-order valence-electron chi connectivity index (χ0n) is 17.7. The molecular weight excluding hydrogens is 410 g/mol. The Morgan fingerprint density at radius 2 is 1.90 bits per heavy atom. The minimum Gasteiger partial charge on any atom is -0.466 e. The number of aromatic nitrogens is 6. The number of hydrogen-bond acceptors (Lipinski definition) is 8. The molecule has 1 aliphatic rings. The first kappa shape index (κ1) is 19.9. The Hall–Kier alpha value is -3.07. The van der Waals surface area contributed by atoms with Gasteiger partial charge in [-0.1, -0.05) is 6.92 Å². The Morgan fingerprint density at radius 3 is 2.58 bits per heavy atom. The molecule has 0 unspecified atom stereocenters. The van der Waals surface area contributed by atoms with Gasteiger partial charge in [0, 0.05) is 43.4 Å².